The maximum Gasteiger partial charge on any atom is 0.349 e. The minimum absolute atomic E-state index is 0.139. The molecule has 0 aliphatic heterocycles. The Kier molecular flexibility index (Phi) is 7.81. The molecular weight excluding hydrogens is 398 g/mol. The highest BCUT2D eigenvalue weighted by Gasteiger charge is 2.19. The van der Waals surface area contributed by atoms with Gasteiger partial charge in [-0.05, 0) is 40.8 Å². The van der Waals surface area contributed by atoms with Gasteiger partial charge in [0.2, 0.25) is 0 Å². The number of methoxy groups -OCH3 is 2. The Bertz CT molecular complexity index is 1030. The maximum absolute atomic E-state index is 12.3. The van der Waals surface area contributed by atoms with Crippen LogP contribution in [-0.4, -0.2) is 32.8 Å². The summed E-state index contributed by atoms with van der Waals surface area (Å²) in [4.78, 5) is 23.9. The summed E-state index contributed by atoms with van der Waals surface area (Å²) in [5.41, 5.74) is 1.18. The average molecular weight is 423 g/mol. The highest BCUT2D eigenvalue weighted by atomic mass is 16.6. The van der Waals surface area contributed by atoms with Gasteiger partial charge in [-0.1, -0.05) is 45.0 Å². The van der Waals surface area contributed by atoms with Crippen molar-refractivity contribution in [2.24, 2.45) is 0 Å². The van der Waals surface area contributed by atoms with Gasteiger partial charge in [-0.3, -0.25) is 0 Å². The lowest BCUT2D eigenvalue weighted by atomic mass is 9.86. The Morgan fingerprint density at radius 3 is 2.35 bits per heavy atom. The Morgan fingerprint density at radius 1 is 1.03 bits per heavy atom. The van der Waals surface area contributed by atoms with Crippen LogP contribution in [0.15, 0.2) is 48.0 Å². The first-order valence-electron chi connectivity index (χ1n) is 9.50. The van der Waals surface area contributed by atoms with Gasteiger partial charge >= 0.3 is 11.9 Å². The SMILES string of the molecule is COC(=O)/C(C#N)=C/c1ccc(OC(=O)COc2ccccc2C(C)(C)C)c(OC)c1. The van der Waals surface area contributed by atoms with E-state index in [1.165, 1.54) is 26.4 Å². The van der Waals surface area contributed by atoms with Crippen LogP contribution in [0.5, 0.6) is 17.2 Å². The van der Waals surface area contributed by atoms with E-state index in [9.17, 15) is 9.59 Å². The van der Waals surface area contributed by atoms with E-state index < -0.39 is 11.9 Å². The quantitative estimate of drug-likeness (QED) is 0.287. The third-order valence-electron chi connectivity index (χ3n) is 4.29. The van der Waals surface area contributed by atoms with Gasteiger partial charge in [-0.15, -0.1) is 0 Å². The van der Waals surface area contributed by atoms with Crippen LogP contribution in [0.3, 0.4) is 0 Å². The molecule has 0 aliphatic rings. The van der Waals surface area contributed by atoms with E-state index in [1.807, 2.05) is 24.3 Å². The Hall–Kier alpha value is -3.79. The summed E-state index contributed by atoms with van der Waals surface area (Å²) in [5, 5.41) is 9.08. The van der Waals surface area contributed by atoms with Crippen LogP contribution < -0.4 is 14.2 Å². The van der Waals surface area contributed by atoms with Crippen LogP contribution in [-0.2, 0) is 19.7 Å². The van der Waals surface area contributed by atoms with Gasteiger partial charge in [0, 0.05) is 0 Å². The summed E-state index contributed by atoms with van der Waals surface area (Å²) in [6.45, 7) is 5.91. The van der Waals surface area contributed by atoms with Crippen LogP contribution in [0.1, 0.15) is 31.9 Å². The van der Waals surface area contributed by atoms with E-state index in [4.69, 9.17) is 19.5 Å². The van der Waals surface area contributed by atoms with Gasteiger partial charge in [0.05, 0.1) is 14.2 Å². The molecule has 0 radical (unpaired) electrons. The lowest BCUT2D eigenvalue weighted by Crippen LogP contribution is -2.20. The van der Waals surface area contributed by atoms with Gasteiger partial charge in [0.1, 0.15) is 17.4 Å². The summed E-state index contributed by atoms with van der Waals surface area (Å²) in [6, 6.07) is 13.9. The third kappa shape index (κ3) is 6.34. The summed E-state index contributed by atoms with van der Waals surface area (Å²) in [7, 11) is 2.61. The van der Waals surface area contributed by atoms with E-state index in [2.05, 4.69) is 25.5 Å². The first-order valence-corrected chi connectivity index (χ1v) is 9.50. The van der Waals surface area contributed by atoms with Crippen LogP contribution >= 0.6 is 0 Å². The maximum atomic E-state index is 12.3. The topological polar surface area (TPSA) is 94.9 Å². The van der Waals surface area contributed by atoms with Crippen LogP contribution in [0, 0.1) is 11.3 Å². The molecule has 0 bridgehead atoms. The lowest BCUT2D eigenvalue weighted by molar-refractivity contribution is -0.137. The molecule has 2 aromatic carbocycles. The van der Waals surface area contributed by atoms with E-state index in [0.29, 0.717) is 11.3 Å². The molecule has 0 atom stereocenters. The number of ether oxygens (including phenoxy) is 4. The molecule has 0 amide bonds. The van der Waals surface area contributed by atoms with Crippen molar-refractivity contribution in [3.05, 3.63) is 59.2 Å². The van der Waals surface area contributed by atoms with Crippen molar-refractivity contribution in [2.45, 2.75) is 26.2 Å². The molecule has 2 aromatic rings. The Morgan fingerprint density at radius 2 is 1.74 bits per heavy atom. The number of rotatable bonds is 7. The zero-order valence-electron chi connectivity index (χ0n) is 18.2. The zero-order valence-corrected chi connectivity index (χ0v) is 18.2. The van der Waals surface area contributed by atoms with Gasteiger partial charge < -0.3 is 18.9 Å². The first-order chi connectivity index (χ1) is 14.7. The zero-order chi connectivity index (χ0) is 23.0. The number of para-hydroxylation sites is 1. The van der Waals surface area contributed by atoms with Crippen molar-refractivity contribution in [3.63, 3.8) is 0 Å². The van der Waals surface area contributed by atoms with Gasteiger partial charge in [0.25, 0.3) is 0 Å². The van der Waals surface area contributed by atoms with E-state index in [-0.39, 0.29) is 29.1 Å². The first kappa shape index (κ1) is 23.5. The normalized spacial score (nSPS) is 11.3. The monoisotopic (exact) mass is 423 g/mol. The van der Waals surface area contributed by atoms with E-state index >= 15 is 0 Å². The summed E-state index contributed by atoms with van der Waals surface area (Å²) in [5.74, 6) is -0.276. The van der Waals surface area contributed by atoms with Gasteiger partial charge in [-0.2, -0.15) is 5.26 Å². The fraction of sp³-hybridized carbons (Fsp3) is 0.292. The van der Waals surface area contributed by atoms with Crippen molar-refractivity contribution in [3.8, 4) is 23.3 Å². The molecule has 0 unspecified atom stereocenters. The summed E-state index contributed by atoms with van der Waals surface area (Å²) >= 11 is 0. The molecular formula is C24H25NO6. The second-order valence-corrected chi connectivity index (χ2v) is 7.58. The smallest absolute Gasteiger partial charge is 0.349 e. The molecule has 0 spiro atoms. The molecule has 0 saturated carbocycles. The molecule has 0 fully saturated rings. The largest absolute Gasteiger partial charge is 0.493 e. The second kappa shape index (κ2) is 10.3. The standard InChI is InChI=1S/C24H25NO6/c1-24(2,3)18-8-6-7-9-19(18)30-15-22(26)31-20-11-10-16(13-21(20)28-4)12-17(14-25)23(27)29-5/h6-13H,15H2,1-5H3/b17-12+. The average Bonchev–Trinajstić information content (AvgIpc) is 2.75. The molecule has 2 rings (SSSR count). The second-order valence-electron chi connectivity index (χ2n) is 7.58. The van der Waals surface area contributed by atoms with Gasteiger partial charge in [-0.25, -0.2) is 9.59 Å². The number of nitrogens with zero attached hydrogens (tertiary/aromatic N) is 1. The third-order valence-corrected chi connectivity index (χ3v) is 4.29. The summed E-state index contributed by atoms with van der Waals surface area (Å²) in [6.07, 6.45) is 1.35. The number of benzene rings is 2. The highest BCUT2D eigenvalue weighted by Crippen LogP contribution is 2.32. The molecule has 0 aliphatic carbocycles. The Labute approximate surface area is 181 Å². The predicted molar refractivity (Wildman–Crippen MR) is 115 cm³/mol. The number of carbonyl (C=O) groups is 2. The molecule has 7 nitrogen and oxygen atoms in total. The van der Waals surface area contributed by atoms with Crippen molar-refractivity contribution in [2.75, 3.05) is 20.8 Å². The van der Waals surface area contributed by atoms with E-state index in [1.54, 1.807) is 18.2 Å². The van der Waals surface area contributed by atoms with Crippen molar-refractivity contribution in [1.29, 1.82) is 5.26 Å². The van der Waals surface area contributed by atoms with Crippen molar-refractivity contribution >= 4 is 18.0 Å². The van der Waals surface area contributed by atoms with Crippen LogP contribution in [0.25, 0.3) is 6.08 Å². The highest BCUT2D eigenvalue weighted by molar-refractivity contribution is 5.97. The van der Waals surface area contributed by atoms with Crippen LogP contribution in [0.2, 0.25) is 0 Å². The number of hydrogen-bond acceptors (Lipinski definition) is 7. The molecule has 0 saturated heterocycles. The molecule has 162 valence electrons. The molecule has 7 heteroatoms. The fourth-order valence-electron chi connectivity index (χ4n) is 2.77. The predicted octanol–water partition coefficient (Wildman–Crippen LogP) is 4.06. The fourth-order valence-corrected chi connectivity index (χ4v) is 2.77. The number of nitriles is 1. The van der Waals surface area contributed by atoms with Crippen LogP contribution in [0.4, 0.5) is 0 Å². The number of carbonyl (C=O) groups excluding carboxylic acids is 2. The molecule has 0 N–H and O–H groups in total. The molecule has 31 heavy (non-hydrogen) atoms. The molecule has 0 heterocycles. The minimum Gasteiger partial charge on any atom is -0.493 e. The minimum atomic E-state index is -0.746. The molecule has 0 aromatic heterocycles. The van der Waals surface area contributed by atoms with Crippen molar-refractivity contribution < 1.29 is 28.5 Å². The number of esters is 2. The van der Waals surface area contributed by atoms with Crippen molar-refractivity contribution in [1.82, 2.24) is 0 Å². The van der Waals surface area contributed by atoms with Gasteiger partial charge in [0.15, 0.2) is 18.1 Å². The lowest BCUT2D eigenvalue weighted by Gasteiger charge is -2.22. The Balaban J connectivity index is 2.13. The van der Waals surface area contributed by atoms with E-state index in [0.717, 1.165) is 5.56 Å². The summed E-state index contributed by atoms with van der Waals surface area (Å²) < 4.78 is 20.9. The number of hydrogen-bond donors (Lipinski definition) is 0.